The number of nitrogens with zero attached hydrogens (tertiary/aromatic N) is 2. The molecule has 0 radical (unpaired) electrons. The first-order chi connectivity index (χ1) is 7.67. The molecule has 0 aliphatic heterocycles. The summed E-state index contributed by atoms with van der Waals surface area (Å²) < 4.78 is 0. The highest BCUT2D eigenvalue weighted by molar-refractivity contribution is 5.44. The Morgan fingerprint density at radius 2 is 2.50 bits per heavy atom. The van der Waals surface area contributed by atoms with Crippen LogP contribution in [0.4, 0.5) is 11.5 Å². The van der Waals surface area contributed by atoms with Crippen molar-refractivity contribution in [1.29, 1.82) is 0 Å². The predicted octanol–water partition coefficient (Wildman–Crippen LogP) is 2.20. The molecular weight excluding hydrogens is 206 g/mol. The number of anilines is 1. The highest BCUT2D eigenvalue weighted by Crippen LogP contribution is 2.16. The fraction of sp³-hybridized carbons (Fsp3) is 0.364. The van der Waals surface area contributed by atoms with Crippen molar-refractivity contribution < 1.29 is 4.92 Å². The van der Waals surface area contributed by atoms with Crippen molar-refractivity contribution >= 4 is 11.5 Å². The molecule has 0 aliphatic rings. The van der Waals surface area contributed by atoms with E-state index in [1.165, 1.54) is 18.3 Å². The zero-order valence-electron chi connectivity index (χ0n) is 9.01. The summed E-state index contributed by atoms with van der Waals surface area (Å²) in [5, 5.41) is 13.6. The Labute approximate surface area is 94.0 Å². The van der Waals surface area contributed by atoms with Crippen LogP contribution in [-0.4, -0.2) is 15.9 Å². The Bertz CT molecular complexity index is 412. The third-order valence-corrected chi connectivity index (χ3v) is 2.16. The fourth-order valence-electron chi connectivity index (χ4n) is 1.26. The highest BCUT2D eigenvalue weighted by atomic mass is 16.6. The molecular formula is C11H13N3O2. The first-order valence-electron chi connectivity index (χ1n) is 4.97. The highest BCUT2D eigenvalue weighted by Gasteiger charge is 2.09. The molecule has 0 bridgehead atoms. The smallest absolute Gasteiger partial charge is 0.274 e. The monoisotopic (exact) mass is 219 g/mol. The topological polar surface area (TPSA) is 68.1 Å². The number of pyridine rings is 1. The van der Waals surface area contributed by atoms with E-state index in [0.29, 0.717) is 12.2 Å². The van der Waals surface area contributed by atoms with Gasteiger partial charge in [0.05, 0.1) is 11.0 Å². The minimum Gasteiger partial charge on any atom is -0.366 e. The van der Waals surface area contributed by atoms with E-state index >= 15 is 0 Å². The van der Waals surface area contributed by atoms with Crippen LogP contribution in [0.25, 0.3) is 0 Å². The zero-order valence-corrected chi connectivity index (χ0v) is 9.01. The van der Waals surface area contributed by atoms with Crippen LogP contribution in [0.15, 0.2) is 18.3 Å². The van der Waals surface area contributed by atoms with Gasteiger partial charge in [-0.2, -0.15) is 0 Å². The zero-order chi connectivity index (χ0) is 12.0. The Hall–Kier alpha value is -2.09. The quantitative estimate of drug-likeness (QED) is 0.468. The van der Waals surface area contributed by atoms with E-state index in [4.69, 9.17) is 6.42 Å². The Morgan fingerprint density at radius 3 is 3.06 bits per heavy atom. The molecule has 0 fully saturated rings. The molecule has 1 atom stereocenters. The maximum atomic E-state index is 10.6. The van der Waals surface area contributed by atoms with Crippen LogP contribution in [-0.2, 0) is 0 Å². The van der Waals surface area contributed by atoms with E-state index in [2.05, 4.69) is 16.2 Å². The lowest BCUT2D eigenvalue weighted by molar-refractivity contribution is -0.384. The molecule has 5 nitrogen and oxygen atoms in total. The van der Waals surface area contributed by atoms with Gasteiger partial charge in [-0.25, -0.2) is 4.98 Å². The van der Waals surface area contributed by atoms with Crippen molar-refractivity contribution in [3.8, 4) is 12.3 Å². The summed E-state index contributed by atoms with van der Waals surface area (Å²) in [7, 11) is 0. The number of nitrogens with one attached hydrogen (secondary N) is 1. The van der Waals surface area contributed by atoms with Gasteiger partial charge in [-0.05, 0) is 6.42 Å². The second kappa shape index (κ2) is 5.71. The molecule has 1 aromatic heterocycles. The van der Waals surface area contributed by atoms with Crippen LogP contribution < -0.4 is 5.32 Å². The number of terminal acetylenes is 1. The van der Waals surface area contributed by atoms with Gasteiger partial charge in [-0.1, -0.05) is 6.92 Å². The van der Waals surface area contributed by atoms with Gasteiger partial charge >= 0.3 is 0 Å². The van der Waals surface area contributed by atoms with Crippen LogP contribution in [0.3, 0.4) is 0 Å². The third-order valence-electron chi connectivity index (χ3n) is 2.16. The summed E-state index contributed by atoms with van der Waals surface area (Å²) in [6.07, 6.45) is 8.04. The average Bonchev–Trinajstić information content (AvgIpc) is 2.29. The largest absolute Gasteiger partial charge is 0.366 e. The van der Waals surface area contributed by atoms with Gasteiger partial charge < -0.3 is 5.32 Å². The maximum Gasteiger partial charge on any atom is 0.274 e. The number of aromatic nitrogens is 1. The summed E-state index contributed by atoms with van der Waals surface area (Å²) >= 11 is 0. The fourth-order valence-corrected chi connectivity index (χ4v) is 1.26. The predicted molar refractivity (Wildman–Crippen MR) is 62.0 cm³/mol. The van der Waals surface area contributed by atoms with Crippen LogP contribution in [0.2, 0.25) is 0 Å². The van der Waals surface area contributed by atoms with E-state index in [-0.39, 0.29) is 11.7 Å². The maximum absolute atomic E-state index is 10.6. The molecule has 5 heteroatoms. The van der Waals surface area contributed by atoms with Gasteiger partial charge in [0, 0.05) is 24.7 Å². The van der Waals surface area contributed by atoms with Crippen molar-refractivity contribution in [1.82, 2.24) is 4.98 Å². The molecule has 0 saturated carbocycles. The second-order valence-corrected chi connectivity index (χ2v) is 3.31. The van der Waals surface area contributed by atoms with E-state index < -0.39 is 4.92 Å². The van der Waals surface area contributed by atoms with Crippen LogP contribution in [0.5, 0.6) is 0 Å². The van der Waals surface area contributed by atoms with Gasteiger partial charge in [-0.3, -0.25) is 10.1 Å². The lowest BCUT2D eigenvalue weighted by Crippen LogP contribution is -2.18. The molecule has 84 valence electrons. The van der Waals surface area contributed by atoms with Crippen LogP contribution >= 0.6 is 0 Å². The van der Waals surface area contributed by atoms with E-state index in [1.807, 2.05) is 6.92 Å². The van der Waals surface area contributed by atoms with E-state index in [0.717, 1.165) is 6.42 Å². The van der Waals surface area contributed by atoms with Gasteiger partial charge in [-0.15, -0.1) is 12.3 Å². The number of hydrogen-bond donors (Lipinski definition) is 1. The molecule has 0 aromatic carbocycles. The summed E-state index contributed by atoms with van der Waals surface area (Å²) in [4.78, 5) is 14.1. The van der Waals surface area contributed by atoms with E-state index in [9.17, 15) is 10.1 Å². The summed E-state index contributed by atoms with van der Waals surface area (Å²) in [6, 6.07) is 2.85. The minimum atomic E-state index is -0.449. The molecule has 1 heterocycles. The summed E-state index contributed by atoms with van der Waals surface area (Å²) in [5.41, 5.74) is 0.0214. The van der Waals surface area contributed by atoms with Crippen molar-refractivity contribution in [2.75, 3.05) is 5.32 Å². The van der Waals surface area contributed by atoms with Gasteiger partial charge in [0.25, 0.3) is 5.69 Å². The van der Waals surface area contributed by atoms with Gasteiger partial charge in [0.2, 0.25) is 0 Å². The lowest BCUT2D eigenvalue weighted by atomic mass is 10.1. The van der Waals surface area contributed by atoms with E-state index in [1.54, 1.807) is 0 Å². The Kier molecular flexibility index (Phi) is 4.28. The van der Waals surface area contributed by atoms with Crippen molar-refractivity contribution in [2.24, 2.45) is 0 Å². The molecule has 0 spiro atoms. The summed E-state index contributed by atoms with van der Waals surface area (Å²) in [6.45, 7) is 1.99. The molecule has 1 N–H and O–H groups in total. The normalized spacial score (nSPS) is 11.5. The average molecular weight is 219 g/mol. The lowest BCUT2D eigenvalue weighted by Gasteiger charge is -2.14. The van der Waals surface area contributed by atoms with Crippen LogP contribution in [0, 0.1) is 22.5 Å². The number of rotatable bonds is 5. The number of nitro groups is 1. The standard InChI is InChI=1S/C11H13N3O2/c1-3-5-9(4-2)13-11-8-10(14(15)16)6-7-12-11/h1,6-9H,4-5H2,2H3,(H,12,13). The van der Waals surface area contributed by atoms with Gasteiger partial charge in [0.15, 0.2) is 0 Å². The SMILES string of the molecule is C#CCC(CC)Nc1cc([N+](=O)[O-])ccn1. The van der Waals surface area contributed by atoms with Crippen molar-refractivity contribution in [2.45, 2.75) is 25.8 Å². The van der Waals surface area contributed by atoms with Gasteiger partial charge in [0.1, 0.15) is 5.82 Å². The van der Waals surface area contributed by atoms with Crippen molar-refractivity contribution in [3.63, 3.8) is 0 Å². The molecule has 1 aromatic rings. The first kappa shape index (κ1) is 12.0. The van der Waals surface area contributed by atoms with Crippen molar-refractivity contribution in [3.05, 3.63) is 28.4 Å². The third kappa shape index (κ3) is 3.24. The molecule has 1 unspecified atom stereocenters. The Balaban J connectivity index is 2.77. The first-order valence-corrected chi connectivity index (χ1v) is 4.97. The Morgan fingerprint density at radius 1 is 1.75 bits per heavy atom. The molecule has 0 saturated heterocycles. The summed E-state index contributed by atoms with van der Waals surface area (Å²) in [5.74, 6) is 3.03. The second-order valence-electron chi connectivity index (χ2n) is 3.31. The van der Waals surface area contributed by atoms with Crippen LogP contribution in [0.1, 0.15) is 19.8 Å². The molecule has 0 amide bonds. The minimum absolute atomic E-state index is 0.0214. The molecule has 16 heavy (non-hydrogen) atoms. The molecule has 1 rings (SSSR count). The number of hydrogen-bond acceptors (Lipinski definition) is 4. The molecule has 0 aliphatic carbocycles.